The first-order valence-electron chi connectivity index (χ1n) is 4.90. The minimum Gasteiger partial charge on any atom is -0.396 e. The van der Waals surface area contributed by atoms with Crippen molar-refractivity contribution >= 4 is 0 Å². The molecule has 0 amide bonds. The normalized spacial score (nSPS) is 11.1. The van der Waals surface area contributed by atoms with Crippen molar-refractivity contribution in [2.45, 2.75) is 25.6 Å². The van der Waals surface area contributed by atoms with Crippen LogP contribution in [0.2, 0.25) is 0 Å². The van der Waals surface area contributed by atoms with Crippen LogP contribution < -0.4 is 0 Å². The van der Waals surface area contributed by atoms with E-state index in [0.29, 0.717) is 6.42 Å². The number of rotatable bonds is 5. The molecule has 0 fully saturated rings. The third-order valence-electron chi connectivity index (χ3n) is 1.00. The first-order chi connectivity index (χ1) is 7.49. The minimum absolute atomic E-state index is 0.0938. The van der Waals surface area contributed by atoms with Gasteiger partial charge in [-0.2, -0.15) is 0 Å². The minimum atomic E-state index is -0.954. The van der Waals surface area contributed by atoms with Crippen molar-refractivity contribution in [3.63, 3.8) is 0 Å². The molecule has 0 aliphatic carbocycles. The van der Waals surface area contributed by atoms with Crippen LogP contribution in [0.5, 0.6) is 0 Å². The monoisotopic (exact) mass is 244 g/mol. The Morgan fingerprint density at radius 3 is 1.06 bits per heavy atom. The van der Waals surface area contributed by atoms with Crippen molar-refractivity contribution in [2.75, 3.05) is 33.0 Å². The van der Waals surface area contributed by atoms with Gasteiger partial charge in [0.2, 0.25) is 0 Å². The second-order valence-electron chi connectivity index (χ2n) is 2.85. The fraction of sp³-hybridized carbons (Fsp3) is 1.00. The number of aliphatic hydroxyl groups excluding tert-OH is 7. The van der Waals surface area contributed by atoms with Crippen LogP contribution in [0.25, 0.3) is 0 Å². The van der Waals surface area contributed by atoms with E-state index < -0.39 is 12.2 Å². The summed E-state index contributed by atoms with van der Waals surface area (Å²) in [4.78, 5) is 0. The summed E-state index contributed by atoms with van der Waals surface area (Å²) in [7, 11) is 0. The van der Waals surface area contributed by atoms with Gasteiger partial charge in [-0.05, 0) is 13.3 Å². The Bertz CT molecular complexity index is 93.9. The van der Waals surface area contributed by atoms with E-state index in [0.717, 1.165) is 0 Å². The Labute approximate surface area is 95.2 Å². The van der Waals surface area contributed by atoms with Gasteiger partial charge >= 0.3 is 0 Å². The van der Waals surface area contributed by atoms with Gasteiger partial charge < -0.3 is 35.7 Å². The largest absolute Gasteiger partial charge is 0.396 e. The Morgan fingerprint density at radius 1 is 0.750 bits per heavy atom. The standard InChI is InChI=1S/C3H8O3.2C3H8O2/c4-1-3(6)2-5;1-3(5)2-4;4-2-1-3-5/h3-6H,1-2H2;3-5H,2H2,1H3;4-5H,1-3H2. The Morgan fingerprint density at radius 2 is 1.06 bits per heavy atom. The summed E-state index contributed by atoms with van der Waals surface area (Å²) >= 11 is 0. The van der Waals surface area contributed by atoms with Crippen molar-refractivity contribution in [1.29, 1.82) is 0 Å². The van der Waals surface area contributed by atoms with Crippen LogP contribution in [-0.4, -0.2) is 81.0 Å². The van der Waals surface area contributed by atoms with Crippen molar-refractivity contribution in [3.8, 4) is 0 Å². The highest BCUT2D eigenvalue weighted by Crippen LogP contribution is 1.71. The van der Waals surface area contributed by atoms with Gasteiger partial charge in [-0.1, -0.05) is 0 Å². The predicted octanol–water partition coefficient (Wildman–Crippen LogP) is -2.95. The fourth-order valence-corrected chi connectivity index (χ4v) is 0.128. The molecule has 0 bridgehead atoms. The van der Waals surface area contributed by atoms with E-state index >= 15 is 0 Å². The van der Waals surface area contributed by atoms with Crippen LogP contribution in [0, 0.1) is 0 Å². The van der Waals surface area contributed by atoms with E-state index in [1.54, 1.807) is 0 Å². The number of aliphatic hydroxyl groups is 7. The maximum absolute atomic E-state index is 8.17. The summed E-state index contributed by atoms with van der Waals surface area (Å²) in [5.41, 5.74) is 0. The van der Waals surface area contributed by atoms with Gasteiger partial charge in [0.25, 0.3) is 0 Å². The highest BCUT2D eigenvalue weighted by Gasteiger charge is 1.93. The molecule has 0 spiro atoms. The fourth-order valence-electron chi connectivity index (χ4n) is 0.128. The van der Waals surface area contributed by atoms with Crippen LogP contribution in [-0.2, 0) is 0 Å². The molecule has 0 saturated carbocycles. The lowest BCUT2D eigenvalue weighted by molar-refractivity contribution is 0.0450. The second-order valence-corrected chi connectivity index (χ2v) is 2.85. The third kappa shape index (κ3) is 37.2. The van der Waals surface area contributed by atoms with Gasteiger partial charge in [-0.15, -0.1) is 0 Å². The van der Waals surface area contributed by atoms with Gasteiger partial charge in [0.1, 0.15) is 6.10 Å². The van der Waals surface area contributed by atoms with Crippen molar-refractivity contribution in [3.05, 3.63) is 0 Å². The van der Waals surface area contributed by atoms with Crippen molar-refractivity contribution < 1.29 is 35.7 Å². The average Bonchev–Trinajstić information content (AvgIpc) is 2.30. The summed E-state index contributed by atoms with van der Waals surface area (Å²) in [6.07, 6.45) is -1.01. The van der Waals surface area contributed by atoms with Gasteiger partial charge in [0.05, 0.1) is 25.9 Å². The average molecular weight is 244 g/mol. The zero-order valence-corrected chi connectivity index (χ0v) is 9.53. The molecule has 7 N–H and O–H groups in total. The summed E-state index contributed by atoms with van der Waals surface area (Å²) in [5, 5.41) is 55.8. The predicted molar refractivity (Wildman–Crippen MR) is 57.7 cm³/mol. The van der Waals surface area contributed by atoms with E-state index in [4.69, 9.17) is 35.7 Å². The van der Waals surface area contributed by atoms with E-state index in [-0.39, 0.29) is 33.0 Å². The topological polar surface area (TPSA) is 142 Å². The van der Waals surface area contributed by atoms with Crippen LogP contribution in [0.15, 0.2) is 0 Å². The molecule has 0 aromatic heterocycles. The zero-order valence-electron chi connectivity index (χ0n) is 9.53. The Balaban J connectivity index is -0.000000160. The van der Waals surface area contributed by atoms with Gasteiger partial charge in [-0.3, -0.25) is 0 Å². The molecule has 0 saturated heterocycles. The van der Waals surface area contributed by atoms with Crippen LogP contribution in [0.4, 0.5) is 0 Å². The molecule has 7 heteroatoms. The van der Waals surface area contributed by atoms with Gasteiger partial charge in [0.15, 0.2) is 0 Å². The lowest BCUT2D eigenvalue weighted by atomic mass is 10.4. The smallest absolute Gasteiger partial charge is 0.100 e. The lowest BCUT2D eigenvalue weighted by Gasteiger charge is -1.96. The molecule has 16 heavy (non-hydrogen) atoms. The summed E-state index contributed by atoms with van der Waals surface area (Å²) in [6.45, 7) is 0.847. The van der Waals surface area contributed by atoms with E-state index in [9.17, 15) is 0 Å². The molecule has 0 heterocycles. The molecule has 0 aliphatic rings. The maximum Gasteiger partial charge on any atom is 0.100 e. The quantitative estimate of drug-likeness (QED) is 0.274. The molecule has 1 unspecified atom stereocenters. The van der Waals surface area contributed by atoms with Crippen LogP contribution in [0.3, 0.4) is 0 Å². The first-order valence-corrected chi connectivity index (χ1v) is 4.90. The van der Waals surface area contributed by atoms with Gasteiger partial charge in [0, 0.05) is 13.2 Å². The molecular weight excluding hydrogens is 220 g/mol. The molecule has 0 radical (unpaired) electrons. The van der Waals surface area contributed by atoms with Crippen molar-refractivity contribution in [2.24, 2.45) is 0 Å². The Kier molecular flexibility index (Phi) is 26.5. The highest BCUT2D eigenvalue weighted by atomic mass is 16.3. The molecule has 102 valence electrons. The van der Waals surface area contributed by atoms with E-state index in [1.807, 2.05) is 0 Å². The van der Waals surface area contributed by atoms with Crippen molar-refractivity contribution in [1.82, 2.24) is 0 Å². The second kappa shape index (κ2) is 20.2. The SMILES string of the molecule is CC(O)CO.OCC(O)CO.OCCCO. The molecule has 0 aromatic carbocycles. The summed E-state index contributed by atoms with van der Waals surface area (Å²) in [6, 6.07) is 0. The molecule has 7 nitrogen and oxygen atoms in total. The zero-order chi connectivity index (χ0) is 13.4. The first kappa shape index (κ1) is 21.1. The number of hydrogen-bond donors (Lipinski definition) is 7. The summed E-state index contributed by atoms with van der Waals surface area (Å²) in [5.74, 6) is 0. The molecule has 0 rings (SSSR count). The third-order valence-corrected chi connectivity index (χ3v) is 1.00. The lowest BCUT2D eigenvalue weighted by Crippen LogP contribution is -2.15. The van der Waals surface area contributed by atoms with Crippen LogP contribution in [0.1, 0.15) is 13.3 Å². The molecule has 1 atom stereocenters. The number of hydrogen-bond acceptors (Lipinski definition) is 7. The highest BCUT2D eigenvalue weighted by molar-refractivity contribution is 4.44. The molecule has 0 aliphatic heterocycles. The summed E-state index contributed by atoms with van der Waals surface area (Å²) < 4.78 is 0. The maximum atomic E-state index is 8.17. The van der Waals surface area contributed by atoms with Gasteiger partial charge in [-0.25, -0.2) is 0 Å². The van der Waals surface area contributed by atoms with E-state index in [2.05, 4.69) is 0 Å². The molecule has 0 aromatic rings. The Hall–Kier alpha value is -0.280. The van der Waals surface area contributed by atoms with Crippen LogP contribution >= 0.6 is 0 Å². The van der Waals surface area contributed by atoms with E-state index in [1.165, 1.54) is 6.92 Å². The molecular formula is C9H24O7.